The van der Waals surface area contributed by atoms with Gasteiger partial charge >= 0.3 is 6.16 Å². The second-order valence-corrected chi connectivity index (χ2v) is 6.84. The van der Waals surface area contributed by atoms with Crippen molar-refractivity contribution in [1.29, 1.82) is 0 Å². The maximum absolute atomic E-state index is 12.9. The highest BCUT2D eigenvalue weighted by atomic mass is 16.7. The summed E-state index contributed by atoms with van der Waals surface area (Å²) >= 11 is 0. The van der Waals surface area contributed by atoms with E-state index in [1.165, 1.54) is 38.5 Å². The van der Waals surface area contributed by atoms with Gasteiger partial charge in [0.05, 0.1) is 20.8 Å². The van der Waals surface area contributed by atoms with Crippen LogP contribution in [0.2, 0.25) is 0 Å². The van der Waals surface area contributed by atoms with E-state index in [0.717, 1.165) is 0 Å². The van der Waals surface area contributed by atoms with Gasteiger partial charge in [-0.15, -0.1) is 0 Å². The van der Waals surface area contributed by atoms with E-state index in [1.54, 1.807) is 49.4 Å². The molecule has 3 aromatic carbocycles. The van der Waals surface area contributed by atoms with Crippen molar-refractivity contribution in [2.75, 3.05) is 31.5 Å². The summed E-state index contributed by atoms with van der Waals surface area (Å²) in [6.45, 7) is 1.87. The lowest BCUT2D eigenvalue weighted by molar-refractivity contribution is 0.101. The van der Waals surface area contributed by atoms with Crippen LogP contribution < -0.4 is 24.8 Å². The molecule has 0 aliphatic heterocycles. The van der Waals surface area contributed by atoms with Gasteiger partial charge in [-0.05, 0) is 61.5 Å². The minimum absolute atomic E-state index is 0.200. The number of hydrogen-bond donors (Lipinski definition) is 2. The van der Waals surface area contributed by atoms with Gasteiger partial charge in [-0.3, -0.25) is 9.59 Å². The van der Waals surface area contributed by atoms with Gasteiger partial charge < -0.3 is 29.6 Å². The number of ether oxygens (including phenoxy) is 4. The van der Waals surface area contributed by atoms with Crippen LogP contribution in [-0.4, -0.2) is 38.8 Å². The Hall–Kier alpha value is -4.53. The van der Waals surface area contributed by atoms with E-state index >= 15 is 0 Å². The lowest BCUT2D eigenvalue weighted by Crippen LogP contribution is -2.15. The summed E-state index contributed by atoms with van der Waals surface area (Å²) in [5.74, 6) is 0.201. The van der Waals surface area contributed by atoms with Crippen LogP contribution in [-0.2, 0) is 4.74 Å². The number of anilines is 2. The lowest BCUT2D eigenvalue weighted by Gasteiger charge is -2.13. The molecule has 0 aliphatic carbocycles. The zero-order valence-corrected chi connectivity index (χ0v) is 18.9. The topological polar surface area (TPSA) is 112 Å². The molecule has 9 nitrogen and oxygen atoms in total. The van der Waals surface area contributed by atoms with E-state index in [4.69, 9.17) is 18.9 Å². The minimum Gasteiger partial charge on any atom is -0.496 e. The van der Waals surface area contributed by atoms with Crippen molar-refractivity contribution >= 4 is 29.3 Å². The van der Waals surface area contributed by atoms with E-state index in [2.05, 4.69) is 10.6 Å². The van der Waals surface area contributed by atoms with Crippen molar-refractivity contribution in [1.82, 2.24) is 0 Å². The molecule has 0 heterocycles. The van der Waals surface area contributed by atoms with Crippen molar-refractivity contribution in [3.8, 4) is 17.2 Å². The number of hydrogen-bond acceptors (Lipinski definition) is 7. The number of amides is 2. The molecular formula is C25H24N2O7. The molecule has 0 fully saturated rings. The number of carbonyl (C=O) groups excluding carboxylic acids is 3. The van der Waals surface area contributed by atoms with Gasteiger partial charge in [-0.2, -0.15) is 0 Å². The quantitative estimate of drug-likeness (QED) is 0.366. The zero-order chi connectivity index (χ0) is 24.5. The van der Waals surface area contributed by atoms with Gasteiger partial charge in [0.15, 0.2) is 0 Å². The van der Waals surface area contributed by atoms with Gasteiger partial charge in [0.1, 0.15) is 22.8 Å². The van der Waals surface area contributed by atoms with Crippen LogP contribution in [0, 0.1) is 0 Å². The van der Waals surface area contributed by atoms with Gasteiger partial charge in [0.2, 0.25) is 0 Å². The Morgan fingerprint density at radius 3 is 1.88 bits per heavy atom. The average Bonchev–Trinajstić information content (AvgIpc) is 2.84. The number of rotatable bonds is 8. The molecule has 176 valence electrons. The lowest BCUT2D eigenvalue weighted by atomic mass is 10.1. The molecule has 0 atom stereocenters. The third-order valence-corrected chi connectivity index (χ3v) is 4.61. The van der Waals surface area contributed by atoms with Gasteiger partial charge in [-0.25, -0.2) is 4.79 Å². The van der Waals surface area contributed by atoms with E-state index in [0.29, 0.717) is 28.4 Å². The molecule has 0 unspecified atom stereocenters. The Morgan fingerprint density at radius 2 is 1.32 bits per heavy atom. The number of benzene rings is 3. The predicted molar refractivity (Wildman–Crippen MR) is 126 cm³/mol. The Kier molecular flexibility index (Phi) is 8.07. The van der Waals surface area contributed by atoms with Crippen LogP contribution in [0.5, 0.6) is 17.2 Å². The third kappa shape index (κ3) is 6.04. The van der Waals surface area contributed by atoms with E-state index in [9.17, 15) is 14.4 Å². The second-order valence-electron chi connectivity index (χ2n) is 6.84. The summed E-state index contributed by atoms with van der Waals surface area (Å²) in [5, 5.41) is 5.55. The van der Waals surface area contributed by atoms with Crippen LogP contribution in [0.15, 0.2) is 66.7 Å². The maximum Gasteiger partial charge on any atom is 0.513 e. The van der Waals surface area contributed by atoms with E-state index in [-0.39, 0.29) is 23.8 Å². The monoisotopic (exact) mass is 464 g/mol. The summed E-state index contributed by atoms with van der Waals surface area (Å²) in [7, 11) is 2.94. The molecule has 2 N–H and O–H groups in total. The molecule has 0 spiro atoms. The molecule has 0 saturated heterocycles. The molecule has 0 bridgehead atoms. The van der Waals surface area contributed by atoms with Crippen LogP contribution >= 0.6 is 0 Å². The van der Waals surface area contributed by atoms with Gasteiger partial charge in [0.25, 0.3) is 11.8 Å². The van der Waals surface area contributed by atoms with Crippen molar-refractivity contribution < 1.29 is 33.3 Å². The molecule has 0 aliphatic rings. The van der Waals surface area contributed by atoms with Gasteiger partial charge in [-0.1, -0.05) is 12.1 Å². The maximum atomic E-state index is 12.9. The summed E-state index contributed by atoms with van der Waals surface area (Å²) in [6.07, 6.45) is -0.815. The first-order valence-corrected chi connectivity index (χ1v) is 10.3. The molecule has 0 radical (unpaired) electrons. The molecule has 0 aromatic heterocycles. The summed E-state index contributed by atoms with van der Waals surface area (Å²) < 4.78 is 20.3. The molecule has 3 aromatic rings. The zero-order valence-electron chi connectivity index (χ0n) is 18.9. The number of nitrogens with one attached hydrogen (secondary N) is 2. The first kappa shape index (κ1) is 24.1. The fraction of sp³-hybridized carbons (Fsp3) is 0.160. The molecular weight excluding hydrogens is 440 g/mol. The predicted octanol–water partition coefficient (Wildman–Crippen LogP) is 4.74. The Bertz CT molecular complexity index is 1150. The van der Waals surface area contributed by atoms with Crippen molar-refractivity contribution in [3.05, 3.63) is 77.9 Å². The first-order valence-electron chi connectivity index (χ1n) is 10.3. The summed E-state index contributed by atoms with van der Waals surface area (Å²) in [5.41, 5.74) is 1.55. The average molecular weight is 464 g/mol. The minimum atomic E-state index is -0.815. The molecule has 2 amide bonds. The van der Waals surface area contributed by atoms with Gasteiger partial charge in [0, 0.05) is 16.9 Å². The summed E-state index contributed by atoms with van der Waals surface area (Å²) in [6, 6.07) is 17.8. The highest BCUT2D eigenvalue weighted by Gasteiger charge is 2.18. The molecule has 0 saturated carbocycles. The van der Waals surface area contributed by atoms with Crippen LogP contribution in [0.4, 0.5) is 16.2 Å². The van der Waals surface area contributed by atoms with Crippen molar-refractivity contribution in [2.24, 2.45) is 0 Å². The summed E-state index contributed by atoms with van der Waals surface area (Å²) in [4.78, 5) is 36.9. The van der Waals surface area contributed by atoms with Crippen LogP contribution in [0.1, 0.15) is 27.6 Å². The molecule has 9 heteroatoms. The third-order valence-electron chi connectivity index (χ3n) is 4.61. The van der Waals surface area contributed by atoms with Crippen molar-refractivity contribution in [2.45, 2.75) is 6.92 Å². The first-order chi connectivity index (χ1) is 16.4. The normalized spacial score (nSPS) is 10.1. The highest BCUT2D eigenvalue weighted by Crippen LogP contribution is 2.29. The smallest absolute Gasteiger partial charge is 0.496 e. The Labute approximate surface area is 196 Å². The molecule has 34 heavy (non-hydrogen) atoms. The van der Waals surface area contributed by atoms with Crippen LogP contribution in [0.3, 0.4) is 0 Å². The van der Waals surface area contributed by atoms with Crippen LogP contribution in [0.25, 0.3) is 0 Å². The number of methoxy groups -OCH3 is 2. The largest absolute Gasteiger partial charge is 0.513 e. The fourth-order valence-corrected chi connectivity index (χ4v) is 3.06. The number of carbonyl (C=O) groups is 3. The Balaban J connectivity index is 1.69. The SMILES string of the molecule is CCOC(=O)Oc1ccc(C(=O)Nc2cccc(NC(=O)c3c(OC)cccc3OC)c2)cc1. The van der Waals surface area contributed by atoms with E-state index < -0.39 is 12.1 Å². The standard InChI is InChI=1S/C25H24N2O7/c1-4-33-25(30)34-19-13-11-16(12-14-19)23(28)26-17-7-5-8-18(15-17)27-24(29)22-20(31-2)9-6-10-21(22)32-3/h5-15H,4H2,1-3H3,(H,26,28)(H,27,29). The second kappa shape index (κ2) is 11.4. The molecule has 3 rings (SSSR count). The van der Waals surface area contributed by atoms with Crippen molar-refractivity contribution in [3.63, 3.8) is 0 Å². The fourth-order valence-electron chi connectivity index (χ4n) is 3.06. The Morgan fingerprint density at radius 1 is 0.765 bits per heavy atom. The highest BCUT2D eigenvalue weighted by molar-refractivity contribution is 6.09. The van der Waals surface area contributed by atoms with E-state index in [1.807, 2.05) is 0 Å².